The van der Waals surface area contributed by atoms with Crippen LogP contribution in [0.25, 0.3) is 10.9 Å². The van der Waals surface area contributed by atoms with E-state index >= 15 is 0 Å². The summed E-state index contributed by atoms with van der Waals surface area (Å²) in [5, 5.41) is 1.08. The van der Waals surface area contributed by atoms with Gasteiger partial charge in [0.05, 0.1) is 18.0 Å². The molecule has 23 heavy (non-hydrogen) atoms. The molecule has 0 saturated carbocycles. The molecule has 0 fully saturated rings. The van der Waals surface area contributed by atoms with Crippen molar-refractivity contribution in [1.29, 1.82) is 0 Å². The Hall–Kier alpha value is -2.62. The van der Waals surface area contributed by atoms with E-state index in [4.69, 9.17) is 0 Å². The first-order chi connectivity index (χ1) is 11.2. The number of fused-ring (bicyclic) bond motifs is 2. The number of amides is 1. The van der Waals surface area contributed by atoms with Gasteiger partial charge in [-0.05, 0) is 30.7 Å². The van der Waals surface area contributed by atoms with Crippen LogP contribution in [0.1, 0.15) is 24.2 Å². The van der Waals surface area contributed by atoms with Crippen molar-refractivity contribution in [3.63, 3.8) is 0 Å². The second kappa shape index (κ2) is 5.54. The van der Waals surface area contributed by atoms with Crippen molar-refractivity contribution >= 4 is 16.8 Å². The van der Waals surface area contributed by atoms with E-state index in [9.17, 15) is 4.79 Å². The molecule has 1 amide bonds. The fourth-order valence-electron chi connectivity index (χ4n) is 3.49. The van der Waals surface area contributed by atoms with Gasteiger partial charge < -0.3 is 9.47 Å². The lowest BCUT2D eigenvalue weighted by Crippen LogP contribution is -2.41. The number of hydrogen-bond donors (Lipinski definition) is 0. The van der Waals surface area contributed by atoms with Gasteiger partial charge in [-0.25, -0.2) is 0 Å². The number of benzene rings is 1. The summed E-state index contributed by atoms with van der Waals surface area (Å²) in [4.78, 5) is 19.3. The minimum absolute atomic E-state index is 0.120. The molecule has 1 aliphatic rings. The highest BCUT2D eigenvalue weighted by atomic mass is 16.2. The average Bonchev–Trinajstić information content (AvgIpc) is 3.05. The van der Waals surface area contributed by atoms with Crippen LogP contribution in [0.15, 0.2) is 54.9 Å². The molecule has 1 atom stereocenters. The maximum Gasteiger partial charge on any atom is 0.227 e. The number of rotatable bonds is 2. The van der Waals surface area contributed by atoms with Crippen molar-refractivity contribution in [3.8, 4) is 0 Å². The molecule has 116 valence electrons. The van der Waals surface area contributed by atoms with Crippen molar-refractivity contribution in [2.24, 2.45) is 0 Å². The van der Waals surface area contributed by atoms with E-state index in [1.54, 1.807) is 6.20 Å². The van der Waals surface area contributed by atoms with Crippen molar-refractivity contribution in [2.75, 3.05) is 6.54 Å². The molecule has 1 aliphatic heterocycles. The number of aromatic nitrogens is 2. The molecule has 0 bridgehead atoms. The molecule has 4 heteroatoms. The molecule has 4 nitrogen and oxygen atoms in total. The third-order valence-electron chi connectivity index (χ3n) is 4.72. The predicted molar refractivity (Wildman–Crippen MR) is 90.0 cm³/mol. The van der Waals surface area contributed by atoms with E-state index in [2.05, 4.69) is 34.8 Å². The fourth-order valence-corrected chi connectivity index (χ4v) is 3.49. The normalized spacial score (nSPS) is 17.3. The van der Waals surface area contributed by atoms with Crippen LogP contribution in [-0.4, -0.2) is 26.9 Å². The van der Waals surface area contributed by atoms with E-state index < -0.39 is 0 Å². The summed E-state index contributed by atoms with van der Waals surface area (Å²) in [6.45, 7) is 3.73. The maximum atomic E-state index is 12.8. The zero-order valence-corrected chi connectivity index (χ0v) is 13.1. The third-order valence-corrected chi connectivity index (χ3v) is 4.72. The monoisotopic (exact) mass is 305 g/mol. The summed E-state index contributed by atoms with van der Waals surface area (Å²) >= 11 is 0. The SMILES string of the molecule is CC1c2cccn2CCN1C(=O)Cc1cccc2cccnc12. The second-order valence-electron chi connectivity index (χ2n) is 6.06. The van der Waals surface area contributed by atoms with Crippen LogP contribution in [0.3, 0.4) is 0 Å². The van der Waals surface area contributed by atoms with Crippen LogP contribution < -0.4 is 0 Å². The minimum Gasteiger partial charge on any atom is -0.348 e. The van der Waals surface area contributed by atoms with Gasteiger partial charge in [-0.15, -0.1) is 0 Å². The molecule has 3 aromatic rings. The molecule has 1 aromatic carbocycles. The Morgan fingerprint density at radius 1 is 1.17 bits per heavy atom. The van der Waals surface area contributed by atoms with Crippen molar-refractivity contribution in [2.45, 2.75) is 25.9 Å². The van der Waals surface area contributed by atoms with E-state index in [0.717, 1.165) is 29.6 Å². The Labute approximate surface area is 135 Å². The first-order valence-corrected chi connectivity index (χ1v) is 8.01. The summed E-state index contributed by atoms with van der Waals surface area (Å²) in [7, 11) is 0. The molecule has 1 unspecified atom stereocenters. The smallest absolute Gasteiger partial charge is 0.227 e. The summed E-state index contributed by atoms with van der Waals surface area (Å²) in [6.07, 6.45) is 4.27. The predicted octanol–water partition coefficient (Wildman–Crippen LogP) is 3.18. The van der Waals surface area contributed by atoms with Gasteiger partial charge in [0, 0.05) is 36.6 Å². The highest BCUT2D eigenvalue weighted by Crippen LogP contribution is 2.26. The van der Waals surface area contributed by atoms with Gasteiger partial charge in [-0.3, -0.25) is 9.78 Å². The topological polar surface area (TPSA) is 38.1 Å². The number of para-hydroxylation sites is 1. The molecular weight excluding hydrogens is 286 g/mol. The third kappa shape index (κ3) is 2.40. The zero-order valence-electron chi connectivity index (χ0n) is 13.1. The van der Waals surface area contributed by atoms with Crippen LogP contribution in [0.2, 0.25) is 0 Å². The first kappa shape index (κ1) is 14.0. The van der Waals surface area contributed by atoms with E-state index in [1.165, 1.54) is 5.69 Å². The van der Waals surface area contributed by atoms with Gasteiger partial charge in [0.2, 0.25) is 5.91 Å². The highest BCUT2D eigenvalue weighted by molar-refractivity contribution is 5.87. The summed E-state index contributed by atoms with van der Waals surface area (Å²) < 4.78 is 2.23. The Bertz CT molecular complexity index is 862. The standard InChI is InChI=1S/C19H19N3O/c1-14-17-8-4-10-21(17)11-12-22(14)18(23)13-16-6-2-5-15-7-3-9-20-19(15)16/h2-10,14H,11-13H2,1H3. The number of nitrogens with zero attached hydrogens (tertiary/aromatic N) is 3. The van der Waals surface area contributed by atoms with Crippen LogP contribution >= 0.6 is 0 Å². The van der Waals surface area contributed by atoms with Crippen molar-refractivity contribution < 1.29 is 4.79 Å². The highest BCUT2D eigenvalue weighted by Gasteiger charge is 2.27. The number of carbonyl (C=O) groups is 1. The molecule has 0 aliphatic carbocycles. The molecule has 2 aromatic heterocycles. The molecule has 0 saturated heterocycles. The summed E-state index contributed by atoms with van der Waals surface area (Å²) in [5.74, 6) is 0.170. The van der Waals surface area contributed by atoms with E-state index in [-0.39, 0.29) is 11.9 Å². The zero-order chi connectivity index (χ0) is 15.8. The first-order valence-electron chi connectivity index (χ1n) is 8.01. The Kier molecular flexibility index (Phi) is 3.37. The van der Waals surface area contributed by atoms with Gasteiger partial charge in [0.25, 0.3) is 0 Å². The number of pyridine rings is 1. The maximum absolute atomic E-state index is 12.8. The van der Waals surface area contributed by atoms with Crippen LogP contribution in [0, 0.1) is 0 Å². The fraction of sp³-hybridized carbons (Fsp3) is 0.263. The van der Waals surface area contributed by atoms with Gasteiger partial charge in [-0.2, -0.15) is 0 Å². The molecular formula is C19H19N3O. The summed E-state index contributed by atoms with van der Waals surface area (Å²) in [5.41, 5.74) is 3.14. The number of hydrogen-bond acceptors (Lipinski definition) is 2. The van der Waals surface area contributed by atoms with Gasteiger partial charge in [0.1, 0.15) is 0 Å². The van der Waals surface area contributed by atoms with Gasteiger partial charge in [0.15, 0.2) is 0 Å². The van der Waals surface area contributed by atoms with Crippen molar-refractivity contribution in [3.05, 3.63) is 66.1 Å². The lowest BCUT2D eigenvalue weighted by Gasteiger charge is -2.35. The van der Waals surface area contributed by atoms with Crippen molar-refractivity contribution in [1.82, 2.24) is 14.5 Å². The van der Waals surface area contributed by atoms with E-state index in [0.29, 0.717) is 6.42 Å². The average molecular weight is 305 g/mol. The lowest BCUT2D eigenvalue weighted by atomic mass is 10.0. The van der Waals surface area contributed by atoms with Crippen LogP contribution in [-0.2, 0) is 17.8 Å². The molecule has 3 heterocycles. The lowest BCUT2D eigenvalue weighted by molar-refractivity contribution is -0.133. The minimum atomic E-state index is 0.120. The Morgan fingerprint density at radius 2 is 2.04 bits per heavy atom. The molecule has 0 spiro atoms. The van der Waals surface area contributed by atoms with E-state index in [1.807, 2.05) is 35.2 Å². The van der Waals surface area contributed by atoms with Gasteiger partial charge >= 0.3 is 0 Å². The summed E-state index contributed by atoms with van der Waals surface area (Å²) in [6, 6.07) is 14.3. The Morgan fingerprint density at radius 3 is 2.96 bits per heavy atom. The number of carbonyl (C=O) groups excluding carboxylic acids is 1. The second-order valence-corrected chi connectivity index (χ2v) is 6.06. The molecule has 4 rings (SSSR count). The quantitative estimate of drug-likeness (QED) is 0.729. The van der Waals surface area contributed by atoms with Crippen LogP contribution in [0.4, 0.5) is 0 Å². The molecule has 0 radical (unpaired) electrons. The largest absolute Gasteiger partial charge is 0.348 e. The van der Waals surface area contributed by atoms with Crippen LogP contribution in [0.5, 0.6) is 0 Å². The van der Waals surface area contributed by atoms with Gasteiger partial charge in [-0.1, -0.05) is 24.3 Å². The molecule has 0 N–H and O–H groups in total. The Balaban J connectivity index is 1.61.